The largest absolute Gasteiger partial charge is 0.530 e. The van der Waals surface area contributed by atoms with E-state index < -0.39 is 49.6 Å². The normalized spacial score (nSPS) is 23.1. The molecule has 0 bridgehead atoms. The number of nitrogens with zero attached hydrogens (tertiary/aromatic N) is 1. The summed E-state index contributed by atoms with van der Waals surface area (Å²) in [6.07, 6.45) is -1.91. The molecule has 3 unspecified atom stereocenters. The Kier molecular flexibility index (Phi) is 9.43. The summed E-state index contributed by atoms with van der Waals surface area (Å²) in [6.45, 7) is 0.0764. The summed E-state index contributed by atoms with van der Waals surface area (Å²) in [5.41, 5.74) is -0.566. The number of phosphoric acid groups is 1. The number of carbonyl (C=O) groups excluding carboxylic acids is 1. The fraction of sp³-hybridized carbons (Fsp3) is 0.476. The van der Waals surface area contributed by atoms with Crippen LogP contribution in [0.3, 0.4) is 0 Å². The van der Waals surface area contributed by atoms with Crippen molar-refractivity contribution in [3.8, 4) is 5.75 Å². The minimum absolute atomic E-state index is 0.0336. The molecule has 1 aromatic heterocycles. The standard InChI is InChI=1S/C21H29N4O10P/c1-22-17-18(15(12-30-3)33-19(17)25-10-9-16(26)24-20(25)27)35-36(29,31-4)34-14-7-5-13(6-8-14)11-32-21(28)23-2/h5-10,15,17-19,22H,11-12H2,1-4H3,(H,23,28)(H,24,26,27)/t15-,17?,18?,19-,36?/m1/s1. The Morgan fingerprint density at radius 3 is 2.47 bits per heavy atom. The molecule has 5 atom stereocenters. The maximum atomic E-state index is 13.4. The predicted molar refractivity (Wildman–Crippen MR) is 126 cm³/mol. The molecule has 0 radical (unpaired) electrons. The minimum atomic E-state index is -4.19. The molecule has 14 nitrogen and oxygen atoms in total. The number of H-pyrrole nitrogens is 1. The summed E-state index contributed by atoms with van der Waals surface area (Å²) in [5, 5.41) is 5.35. The Morgan fingerprint density at radius 2 is 1.89 bits per heavy atom. The van der Waals surface area contributed by atoms with Gasteiger partial charge in [-0.1, -0.05) is 12.1 Å². The van der Waals surface area contributed by atoms with Crippen LogP contribution in [0.2, 0.25) is 0 Å². The van der Waals surface area contributed by atoms with E-state index in [1.165, 1.54) is 50.2 Å². The number of carbonyl (C=O) groups is 1. The number of benzene rings is 1. The van der Waals surface area contributed by atoms with E-state index in [4.69, 9.17) is 27.8 Å². The van der Waals surface area contributed by atoms with Crippen molar-refractivity contribution < 1.29 is 37.1 Å². The van der Waals surface area contributed by atoms with Crippen LogP contribution in [-0.4, -0.2) is 68.8 Å². The Morgan fingerprint density at radius 1 is 1.17 bits per heavy atom. The number of likely N-dealkylation sites (N-methyl/N-ethyl adjacent to an activating group) is 1. The third-order valence-corrected chi connectivity index (χ3v) is 6.70. The summed E-state index contributed by atoms with van der Waals surface area (Å²) in [6, 6.07) is 6.77. The van der Waals surface area contributed by atoms with Gasteiger partial charge in [0, 0.05) is 33.5 Å². The van der Waals surface area contributed by atoms with E-state index in [0.29, 0.717) is 5.56 Å². The quantitative estimate of drug-likeness (QED) is 0.352. The molecular formula is C21H29N4O10P. The van der Waals surface area contributed by atoms with Gasteiger partial charge >= 0.3 is 19.6 Å². The molecule has 1 saturated heterocycles. The van der Waals surface area contributed by atoms with Crippen LogP contribution < -0.4 is 26.4 Å². The van der Waals surface area contributed by atoms with Crippen LogP contribution in [0.5, 0.6) is 5.75 Å². The first-order valence-corrected chi connectivity index (χ1v) is 12.3. The molecule has 0 saturated carbocycles. The van der Waals surface area contributed by atoms with Crippen molar-refractivity contribution in [2.24, 2.45) is 0 Å². The highest BCUT2D eigenvalue weighted by molar-refractivity contribution is 7.48. The second kappa shape index (κ2) is 12.3. The zero-order chi connectivity index (χ0) is 26.3. The third kappa shape index (κ3) is 6.60. The zero-order valence-electron chi connectivity index (χ0n) is 20.2. The summed E-state index contributed by atoms with van der Waals surface area (Å²) in [7, 11) is 1.50. The first-order valence-electron chi connectivity index (χ1n) is 10.8. The molecule has 1 fully saturated rings. The lowest BCUT2D eigenvalue weighted by Crippen LogP contribution is -2.46. The van der Waals surface area contributed by atoms with E-state index in [1.807, 2.05) is 0 Å². The van der Waals surface area contributed by atoms with Crippen molar-refractivity contribution in [2.75, 3.05) is 34.9 Å². The molecule has 36 heavy (non-hydrogen) atoms. The maximum absolute atomic E-state index is 13.4. The molecule has 2 aromatic rings. The van der Waals surface area contributed by atoms with E-state index >= 15 is 0 Å². The lowest BCUT2D eigenvalue weighted by Gasteiger charge is -2.27. The van der Waals surface area contributed by atoms with Gasteiger partial charge in [0.25, 0.3) is 5.56 Å². The summed E-state index contributed by atoms with van der Waals surface area (Å²) < 4.78 is 47.3. The molecule has 1 aliphatic rings. The van der Waals surface area contributed by atoms with Crippen molar-refractivity contribution in [3.63, 3.8) is 0 Å². The summed E-state index contributed by atoms with van der Waals surface area (Å²) in [4.78, 5) is 37.2. The van der Waals surface area contributed by atoms with Gasteiger partial charge in [-0.3, -0.25) is 23.4 Å². The van der Waals surface area contributed by atoms with E-state index in [1.54, 1.807) is 19.2 Å². The van der Waals surface area contributed by atoms with Crippen LogP contribution in [0.1, 0.15) is 11.8 Å². The van der Waals surface area contributed by atoms with Gasteiger partial charge in [-0.15, -0.1) is 0 Å². The fourth-order valence-corrected chi connectivity index (χ4v) is 4.74. The first-order chi connectivity index (χ1) is 17.2. The van der Waals surface area contributed by atoms with Crippen molar-refractivity contribution in [3.05, 3.63) is 62.9 Å². The number of rotatable bonds is 11. The monoisotopic (exact) mass is 528 g/mol. The lowest BCUT2D eigenvalue weighted by molar-refractivity contribution is -0.0549. The second-order valence-electron chi connectivity index (χ2n) is 7.61. The van der Waals surface area contributed by atoms with Crippen LogP contribution in [0.25, 0.3) is 0 Å². The number of hydrogen-bond donors (Lipinski definition) is 3. The van der Waals surface area contributed by atoms with Crippen LogP contribution in [0.15, 0.2) is 46.1 Å². The van der Waals surface area contributed by atoms with Gasteiger partial charge in [0.15, 0.2) is 6.23 Å². The fourth-order valence-electron chi connectivity index (χ4n) is 3.59. The first kappa shape index (κ1) is 27.6. The van der Waals surface area contributed by atoms with Crippen LogP contribution in [0, 0.1) is 0 Å². The molecule has 3 rings (SSSR count). The maximum Gasteiger partial charge on any atom is 0.530 e. The van der Waals surface area contributed by atoms with Crippen molar-refractivity contribution in [1.29, 1.82) is 0 Å². The van der Waals surface area contributed by atoms with Crippen LogP contribution in [0.4, 0.5) is 4.79 Å². The number of nitrogens with one attached hydrogen (secondary N) is 3. The van der Waals surface area contributed by atoms with E-state index in [9.17, 15) is 18.9 Å². The number of hydrogen-bond acceptors (Lipinski definition) is 11. The van der Waals surface area contributed by atoms with E-state index in [0.717, 1.165) is 0 Å². The van der Waals surface area contributed by atoms with Crippen LogP contribution in [-0.2, 0) is 34.4 Å². The Hall–Kier alpha value is -3.00. The molecule has 0 spiro atoms. The number of aromatic amines is 1. The number of alkyl carbamates (subject to hydrolysis) is 1. The van der Waals surface area contributed by atoms with Gasteiger partial charge in [-0.2, -0.15) is 0 Å². The van der Waals surface area contributed by atoms with Gasteiger partial charge in [0.1, 0.15) is 24.6 Å². The number of amides is 1. The lowest BCUT2D eigenvalue weighted by atomic mass is 10.1. The highest BCUT2D eigenvalue weighted by Crippen LogP contribution is 2.52. The number of aromatic nitrogens is 2. The van der Waals surface area contributed by atoms with Gasteiger partial charge in [-0.05, 0) is 24.7 Å². The molecule has 2 heterocycles. The molecule has 1 aliphatic heterocycles. The van der Waals surface area contributed by atoms with Crippen molar-refractivity contribution in [2.45, 2.75) is 31.1 Å². The van der Waals surface area contributed by atoms with E-state index in [-0.39, 0.29) is 19.0 Å². The third-order valence-electron chi connectivity index (χ3n) is 5.32. The highest BCUT2D eigenvalue weighted by atomic mass is 31.2. The number of methoxy groups -OCH3 is 1. The Balaban J connectivity index is 1.79. The minimum Gasteiger partial charge on any atom is -0.445 e. The smallest absolute Gasteiger partial charge is 0.445 e. The molecule has 198 valence electrons. The molecule has 1 aromatic carbocycles. The van der Waals surface area contributed by atoms with Gasteiger partial charge in [-0.25, -0.2) is 14.2 Å². The molecule has 15 heteroatoms. The Bertz CT molecular complexity index is 1180. The molecule has 3 N–H and O–H groups in total. The number of ether oxygens (including phenoxy) is 3. The van der Waals surface area contributed by atoms with Gasteiger partial charge in [0.05, 0.1) is 12.6 Å². The van der Waals surface area contributed by atoms with Gasteiger partial charge < -0.3 is 29.4 Å². The number of phosphoric ester groups is 1. The molecule has 1 amide bonds. The molecule has 0 aliphatic carbocycles. The average molecular weight is 528 g/mol. The summed E-state index contributed by atoms with van der Waals surface area (Å²) in [5.74, 6) is 0.181. The van der Waals surface area contributed by atoms with Crippen molar-refractivity contribution in [1.82, 2.24) is 20.2 Å². The predicted octanol–water partition coefficient (Wildman–Crippen LogP) is 0.743. The van der Waals surface area contributed by atoms with Gasteiger partial charge in [0.2, 0.25) is 0 Å². The Labute approximate surface area is 206 Å². The topological polar surface area (TPSA) is 168 Å². The summed E-state index contributed by atoms with van der Waals surface area (Å²) >= 11 is 0. The van der Waals surface area contributed by atoms with Crippen molar-refractivity contribution >= 4 is 13.9 Å². The zero-order valence-corrected chi connectivity index (χ0v) is 21.1. The van der Waals surface area contributed by atoms with E-state index in [2.05, 4.69) is 15.6 Å². The highest BCUT2D eigenvalue weighted by Gasteiger charge is 2.50. The second-order valence-corrected chi connectivity index (χ2v) is 9.27. The molecular weight excluding hydrogens is 499 g/mol. The SMILES string of the molecule is CNC(=O)OCc1ccc(OP(=O)(OC)OC2C(NC)[C@H](n3ccc(=O)[nH]c3=O)O[C@@H]2COC)cc1. The average Bonchev–Trinajstić information content (AvgIpc) is 3.19. The van der Waals surface area contributed by atoms with Crippen LogP contribution >= 0.6 is 7.82 Å².